The van der Waals surface area contributed by atoms with E-state index in [4.69, 9.17) is 0 Å². The summed E-state index contributed by atoms with van der Waals surface area (Å²) in [7, 11) is 3.27. The molecule has 0 fully saturated rings. The lowest BCUT2D eigenvalue weighted by molar-refractivity contribution is 0.0939. The molecule has 0 unspecified atom stereocenters. The van der Waals surface area contributed by atoms with Gasteiger partial charge < -0.3 is 10.2 Å². The largest absolute Gasteiger partial charge is 0.363 e. The first-order valence-electron chi connectivity index (χ1n) is 8.09. The molecule has 2 rings (SSSR count). The second-order valence-electron chi connectivity index (χ2n) is 6.35. The summed E-state index contributed by atoms with van der Waals surface area (Å²) in [5, 5.41) is 2.89. The van der Waals surface area contributed by atoms with Gasteiger partial charge in [0, 0.05) is 34.4 Å². The van der Waals surface area contributed by atoms with Crippen LogP contribution < -0.4 is 10.2 Å². The predicted octanol–water partition coefficient (Wildman–Crippen LogP) is 1.89. The molecule has 1 aromatic carbocycles. The summed E-state index contributed by atoms with van der Waals surface area (Å²) in [4.78, 5) is 18.7. The molecule has 140 valence electrons. The van der Waals surface area contributed by atoms with Crippen LogP contribution in [0.4, 0.5) is 5.82 Å². The third-order valence-corrected chi connectivity index (χ3v) is 5.80. The summed E-state index contributed by atoms with van der Waals surface area (Å²) in [6.07, 6.45) is 1.53. The summed E-state index contributed by atoms with van der Waals surface area (Å²) < 4.78 is 25.4. The molecule has 0 bridgehead atoms. The maximum Gasteiger partial charge on any atom is 0.253 e. The third kappa shape index (κ3) is 4.39. The van der Waals surface area contributed by atoms with Crippen molar-refractivity contribution in [2.75, 3.05) is 33.1 Å². The van der Waals surface area contributed by atoms with Crippen LogP contribution in [0.3, 0.4) is 0 Å². The van der Waals surface area contributed by atoms with E-state index in [2.05, 4.69) is 10.3 Å². The van der Waals surface area contributed by atoms with E-state index in [1.165, 1.54) is 20.3 Å². The SMILES string of the molecule is C[C@H](NC(=O)c1ccc(N(C)C)nc1)c1ccc(S(=O)(=O)N(C)C)cc1. The third-order valence-electron chi connectivity index (χ3n) is 3.97. The van der Waals surface area contributed by atoms with Crippen LogP contribution >= 0.6 is 0 Å². The molecule has 1 heterocycles. The Bertz CT molecular complexity index is 860. The van der Waals surface area contributed by atoms with Crippen LogP contribution in [0.1, 0.15) is 28.9 Å². The minimum Gasteiger partial charge on any atom is -0.363 e. The molecule has 7 nitrogen and oxygen atoms in total. The number of sulfonamides is 1. The minimum absolute atomic E-state index is 0.216. The summed E-state index contributed by atoms with van der Waals surface area (Å²) >= 11 is 0. The molecule has 0 spiro atoms. The normalized spacial score (nSPS) is 12.7. The van der Waals surface area contributed by atoms with Gasteiger partial charge in [-0.3, -0.25) is 4.79 Å². The van der Waals surface area contributed by atoms with Crippen molar-refractivity contribution in [2.45, 2.75) is 17.9 Å². The zero-order chi connectivity index (χ0) is 19.5. The van der Waals surface area contributed by atoms with Gasteiger partial charge in [0.15, 0.2) is 0 Å². The lowest BCUT2D eigenvalue weighted by Gasteiger charge is -2.16. The smallest absolute Gasteiger partial charge is 0.253 e. The fourth-order valence-electron chi connectivity index (χ4n) is 2.29. The number of anilines is 1. The maximum absolute atomic E-state index is 12.4. The zero-order valence-corrected chi connectivity index (χ0v) is 16.4. The van der Waals surface area contributed by atoms with Crippen molar-refractivity contribution < 1.29 is 13.2 Å². The highest BCUT2D eigenvalue weighted by atomic mass is 32.2. The van der Waals surface area contributed by atoms with Gasteiger partial charge in [0.05, 0.1) is 16.5 Å². The molecule has 0 aliphatic rings. The fraction of sp³-hybridized carbons (Fsp3) is 0.333. The first-order valence-corrected chi connectivity index (χ1v) is 9.53. The number of carbonyl (C=O) groups excluding carboxylic acids is 1. The van der Waals surface area contributed by atoms with E-state index in [0.717, 1.165) is 15.7 Å². The Morgan fingerprint density at radius 1 is 1.04 bits per heavy atom. The molecular weight excluding hydrogens is 352 g/mol. The number of aromatic nitrogens is 1. The number of nitrogens with one attached hydrogen (secondary N) is 1. The number of amides is 1. The molecule has 0 radical (unpaired) electrons. The molecular formula is C18H24N4O3S. The van der Waals surface area contributed by atoms with Crippen LogP contribution in [-0.4, -0.2) is 51.8 Å². The highest BCUT2D eigenvalue weighted by Crippen LogP contribution is 2.18. The molecule has 0 saturated carbocycles. The number of rotatable bonds is 6. The predicted molar refractivity (Wildman–Crippen MR) is 102 cm³/mol. The Hall–Kier alpha value is -2.45. The van der Waals surface area contributed by atoms with Gasteiger partial charge >= 0.3 is 0 Å². The molecule has 0 aliphatic heterocycles. The van der Waals surface area contributed by atoms with E-state index in [0.29, 0.717) is 5.56 Å². The van der Waals surface area contributed by atoms with Crippen LogP contribution in [0, 0.1) is 0 Å². The summed E-state index contributed by atoms with van der Waals surface area (Å²) in [6.45, 7) is 1.84. The number of pyridine rings is 1. The second-order valence-corrected chi connectivity index (χ2v) is 8.50. The van der Waals surface area contributed by atoms with E-state index >= 15 is 0 Å². The van der Waals surface area contributed by atoms with Gasteiger partial charge in [0.2, 0.25) is 10.0 Å². The van der Waals surface area contributed by atoms with Crippen molar-refractivity contribution in [3.63, 3.8) is 0 Å². The van der Waals surface area contributed by atoms with Crippen LogP contribution in [0.25, 0.3) is 0 Å². The van der Waals surface area contributed by atoms with Crippen molar-refractivity contribution in [1.82, 2.24) is 14.6 Å². The molecule has 1 atom stereocenters. The standard InChI is InChI=1S/C18H24N4O3S/c1-13(14-6-9-16(10-7-14)26(24,25)22(4)5)20-18(23)15-8-11-17(19-12-15)21(2)3/h6-13H,1-5H3,(H,20,23)/t13-/m0/s1. The Balaban J connectivity index is 2.09. The van der Waals surface area contributed by atoms with Crippen LogP contribution in [0.5, 0.6) is 0 Å². The molecule has 1 N–H and O–H groups in total. The van der Waals surface area contributed by atoms with Gasteiger partial charge in [-0.15, -0.1) is 0 Å². The lowest BCUT2D eigenvalue weighted by atomic mass is 10.1. The molecule has 1 amide bonds. The Kier molecular flexibility index (Phi) is 5.99. The monoisotopic (exact) mass is 376 g/mol. The summed E-state index contributed by atoms with van der Waals surface area (Å²) in [6, 6.07) is 9.72. The minimum atomic E-state index is -3.46. The topological polar surface area (TPSA) is 82.6 Å². The van der Waals surface area contributed by atoms with Crippen molar-refractivity contribution in [1.29, 1.82) is 0 Å². The van der Waals surface area contributed by atoms with E-state index < -0.39 is 10.0 Å². The van der Waals surface area contributed by atoms with Gasteiger partial charge in [0.25, 0.3) is 5.91 Å². The van der Waals surface area contributed by atoms with Crippen molar-refractivity contribution in [3.05, 3.63) is 53.7 Å². The summed E-state index contributed by atoms with van der Waals surface area (Å²) in [5.74, 6) is 0.535. The molecule has 0 aliphatic carbocycles. The number of benzene rings is 1. The molecule has 8 heteroatoms. The van der Waals surface area contributed by atoms with Crippen LogP contribution in [0.2, 0.25) is 0 Å². The Morgan fingerprint density at radius 3 is 2.12 bits per heavy atom. The van der Waals surface area contributed by atoms with Crippen molar-refractivity contribution in [3.8, 4) is 0 Å². The number of hydrogen-bond donors (Lipinski definition) is 1. The second kappa shape index (κ2) is 7.84. The van der Waals surface area contributed by atoms with Crippen molar-refractivity contribution in [2.24, 2.45) is 0 Å². The average molecular weight is 376 g/mol. The van der Waals surface area contributed by atoms with Crippen molar-refractivity contribution >= 4 is 21.7 Å². The maximum atomic E-state index is 12.4. The molecule has 1 aromatic heterocycles. The van der Waals surface area contributed by atoms with E-state index in [1.807, 2.05) is 25.9 Å². The lowest BCUT2D eigenvalue weighted by Crippen LogP contribution is -2.27. The Morgan fingerprint density at radius 2 is 1.65 bits per heavy atom. The zero-order valence-electron chi connectivity index (χ0n) is 15.6. The fourth-order valence-corrected chi connectivity index (χ4v) is 3.19. The molecule has 2 aromatic rings. The quantitative estimate of drug-likeness (QED) is 0.832. The van der Waals surface area contributed by atoms with Gasteiger partial charge in [-0.25, -0.2) is 17.7 Å². The highest BCUT2D eigenvalue weighted by Gasteiger charge is 2.18. The highest BCUT2D eigenvalue weighted by molar-refractivity contribution is 7.89. The van der Waals surface area contributed by atoms with Gasteiger partial charge in [-0.1, -0.05) is 12.1 Å². The van der Waals surface area contributed by atoms with E-state index in [-0.39, 0.29) is 16.8 Å². The van der Waals surface area contributed by atoms with Gasteiger partial charge in [-0.2, -0.15) is 0 Å². The van der Waals surface area contributed by atoms with Gasteiger partial charge in [-0.05, 0) is 36.8 Å². The first kappa shape index (κ1) is 19.9. The Labute approximate surface area is 154 Å². The van der Waals surface area contributed by atoms with E-state index in [1.54, 1.807) is 36.4 Å². The van der Waals surface area contributed by atoms with E-state index in [9.17, 15) is 13.2 Å². The molecule has 26 heavy (non-hydrogen) atoms. The first-order chi connectivity index (χ1) is 12.1. The van der Waals surface area contributed by atoms with Crippen LogP contribution in [0.15, 0.2) is 47.5 Å². The number of nitrogens with zero attached hydrogens (tertiary/aromatic N) is 3. The summed E-state index contributed by atoms with van der Waals surface area (Å²) in [5.41, 5.74) is 1.28. The van der Waals surface area contributed by atoms with Gasteiger partial charge in [0.1, 0.15) is 5.82 Å². The van der Waals surface area contributed by atoms with Crippen LogP contribution in [-0.2, 0) is 10.0 Å². The number of hydrogen-bond acceptors (Lipinski definition) is 5. The average Bonchev–Trinajstić information content (AvgIpc) is 2.61. The number of carbonyl (C=O) groups is 1. The molecule has 0 saturated heterocycles.